The second-order valence-electron chi connectivity index (χ2n) is 6.76. The molecule has 0 saturated carbocycles. The second kappa shape index (κ2) is 9.71. The lowest BCUT2D eigenvalue weighted by atomic mass is 10.1. The van der Waals surface area contributed by atoms with E-state index in [-0.39, 0.29) is 11.5 Å². The van der Waals surface area contributed by atoms with Crippen molar-refractivity contribution in [3.8, 4) is 17.3 Å². The molecule has 1 aromatic heterocycles. The summed E-state index contributed by atoms with van der Waals surface area (Å²) in [5.74, 6) is 1.90. The number of aromatic amines is 1. The summed E-state index contributed by atoms with van der Waals surface area (Å²) in [7, 11) is 0. The van der Waals surface area contributed by atoms with Gasteiger partial charge in [0.1, 0.15) is 11.6 Å². The van der Waals surface area contributed by atoms with Crippen LogP contribution in [0.5, 0.6) is 0 Å². The minimum atomic E-state index is -0.509. The molecule has 2 aromatic carbocycles. The molecule has 7 heteroatoms. The quantitative estimate of drug-likeness (QED) is 0.344. The van der Waals surface area contributed by atoms with Gasteiger partial charge < -0.3 is 0 Å². The molecule has 0 radical (unpaired) electrons. The van der Waals surface area contributed by atoms with Crippen molar-refractivity contribution >= 4 is 23.9 Å². The summed E-state index contributed by atoms with van der Waals surface area (Å²) in [6, 6.07) is 19.1. The number of rotatable bonds is 7. The van der Waals surface area contributed by atoms with Gasteiger partial charge in [-0.05, 0) is 23.6 Å². The first-order valence-corrected chi connectivity index (χ1v) is 10.2. The smallest absolute Gasteiger partial charge is 0.270 e. The highest BCUT2D eigenvalue weighted by atomic mass is 32.2. The third-order valence-electron chi connectivity index (χ3n) is 3.93. The molecule has 0 saturated heterocycles. The van der Waals surface area contributed by atoms with Crippen LogP contribution in [0, 0.1) is 17.2 Å². The van der Waals surface area contributed by atoms with Crippen molar-refractivity contribution in [2.45, 2.75) is 18.7 Å². The number of nitrogens with one attached hydrogen (secondary N) is 2. The van der Waals surface area contributed by atoms with E-state index in [4.69, 9.17) is 0 Å². The molecule has 0 aliphatic carbocycles. The highest BCUT2D eigenvalue weighted by Crippen LogP contribution is 2.21. The zero-order valence-electron chi connectivity index (χ0n) is 16.2. The molecule has 1 heterocycles. The zero-order valence-corrected chi connectivity index (χ0v) is 17.0. The van der Waals surface area contributed by atoms with Gasteiger partial charge in [0.05, 0.1) is 11.9 Å². The van der Waals surface area contributed by atoms with E-state index < -0.39 is 5.56 Å². The molecule has 146 valence electrons. The molecule has 0 spiro atoms. The number of hydrogen-bond acceptors (Lipinski definition) is 6. The molecule has 29 heavy (non-hydrogen) atoms. The minimum absolute atomic E-state index is 0.0276. The van der Waals surface area contributed by atoms with Crippen molar-refractivity contribution in [1.29, 1.82) is 5.26 Å². The molecule has 0 aliphatic heterocycles. The summed E-state index contributed by atoms with van der Waals surface area (Å²) in [6.07, 6.45) is 1.65. The Bertz CT molecular complexity index is 1080. The van der Waals surface area contributed by atoms with E-state index in [1.165, 1.54) is 4.90 Å². The highest BCUT2D eigenvalue weighted by molar-refractivity contribution is 7.99. The van der Waals surface area contributed by atoms with E-state index in [9.17, 15) is 10.1 Å². The van der Waals surface area contributed by atoms with Gasteiger partial charge in [0.15, 0.2) is 0 Å². The number of benzene rings is 2. The lowest BCUT2D eigenvalue weighted by Crippen LogP contribution is -2.16. The van der Waals surface area contributed by atoms with Gasteiger partial charge in [-0.15, -0.1) is 11.8 Å². The van der Waals surface area contributed by atoms with Crippen LogP contribution in [-0.4, -0.2) is 21.9 Å². The predicted octanol–water partition coefficient (Wildman–Crippen LogP) is 4.50. The number of hydrogen-bond donors (Lipinski definition) is 2. The zero-order chi connectivity index (χ0) is 20.6. The van der Waals surface area contributed by atoms with Crippen LogP contribution in [0.15, 0.2) is 69.4 Å². The molecular weight excluding hydrogens is 382 g/mol. The van der Waals surface area contributed by atoms with E-state index in [2.05, 4.69) is 46.5 Å². The van der Waals surface area contributed by atoms with E-state index in [0.29, 0.717) is 17.2 Å². The molecule has 0 aliphatic rings. The summed E-state index contributed by atoms with van der Waals surface area (Å²) >= 11 is 1.83. The number of hydrazone groups is 1. The SMILES string of the molecule is CC(C)CSc1ccc(C=NNc2nc(-c3ccccc3)c(C#N)c(=O)[nH]2)cc1. The summed E-state index contributed by atoms with van der Waals surface area (Å²) in [4.78, 5) is 20.3. The Morgan fingerprint density at radius 1 is 1.21 bits per heavy atom. The number of thioether (sulfide) groups is 1. The molecule has 0 atom stereocenters. The topological polar surface area (TPSA) is 93.9 Å². The number of nitriles is 1. The third-order valence-corrected chi connectivity index (χ3v) is 5.36. The fourth-order valence-electron chi connectivity index (χ4n) is 2.52. The Labute approximate surface area is 173 Å². The standard InChI is InChI=1S/C22H21N5OS/c1-15(2)14-29-18-10-8-16(9-11-18)13-24-27-22-25-20(17-6-4-3-5-7-17)19(12-23)21(28)26-22/h3-11,13,15H,14H2,1-2H3,(H2,25,26,27,28). The van der Waals surface area contributed by atoms with Crippen molar-refractivity contribution in [3.05, 3.63) is 76.1 Å². The average molecular weight is 404 g/mol. The maximum atomic E-state index is 12.2. The fourth-order valence-corrected chi connectivity index (χ4v) is 3.37. The molecule has 6 nitrogen and oxygen atoms in total. The molecule has 0 fully saturated rings. The van der Waals surface area contributed by atoms with Crippen LogP contribution in [0.25, 0.3) is 11.3 Å². The maximum Gasteiger partial charge on any atom is 0.270 e. The molecule has 2 N–H and O–H groups in total. The Kier molecular flexibility index (Phi) is 6.82. The minimum Gasteiger partial charge on any atom is -0.290 e. The first-order valence-electron chi connectivity index (χ1n) is 9.18. The molecular formula is C22H21N5OS. The fraction of sp³-hybridized carbons (Fsp3) is 0.182. The first kappa shape index (κ1) is 20.4. The average Bonchev–Trinajstić information content (AvgIpc) is 2.73. The predicted molar refractivity (Wildman–Crippen MR) is 118 cm³/mol. The number of anilines is 1. The van der Waals surface area contributed by atoms with Gasteiger partial charge in [-0.25, -0.2) is 10.4 Å². The van der Waals surface area contributed by atoms with Crippen LogP contribution in [0.3, 0.4) is 0 Å². The number of nitrogens with zero attached hydrogens (tertiary/aromatic N) is 3. The van der Waals surface area contributed by atoms with E-state index in [1.54, 1.807) is 18.3 Å². The van der Waals surface area contributed by atoms with E-state index in [0.717, 1.165) is 11.3 Å². The van der Waals surface area contributed by atoms with Gasteiger partial charge in [-0.3, -0.25) is 9.78 Å². The lowest BCUT2D eigenvalue weighted by Gasteiger charge is -2.06. The summed E-state index contributed by atoms with van der Waals surface area (Å²) < 4.78 is 0. The normalized spacial score (nSPS) is 11.0. The molecule has 0 amide bonds. The van der Waals surface area contributed by atoms with Crippen molar-refractivity contribution in [2.75, 3.05) is 11.2 Å². The van der Waals surface area contributed by atoms with Crippen LogP contribution >= 0.6 is 11.8 Å². The van der Waals surface area contributed by atoms with Gasteiger partial charge in [-0.2, -0.15) is 10.4 Å². The maximum absolute atomic E-state index is 12.2. The lowest BCUT2D eigenvalue weighted by molar-refractivity contribution is 0.750. The van der Waals surface area contributed by atoms with Crippen LogP contribution in [-0.2, 0) is 0 Å². The van der Waals surface area contributed by atoms with Gasteiger partial charge in [0.25, 0.3) is 5.56 Å². The Hall–Kier alpha value is -3.37. The largest absolute Gasteiger partial charge is 0.290 e. The number of aromatic nitrogens is 2. The van der Waals surface area contributed by atoms with Gasteiger partial charge in [0, 0.05) is 16.2 Å². The molecule has 3 aromatic rings. The highest BCUT2D eigenvalue weighted by Gasteiger charge is 2.12. The Morgan fingerprint density at radius 3 is 2.59 bits per heavy atom. The van der Waals surface area contributed by atoms with Crippen molar-refractivity contribution < 1.29 is 0 Å². The Balaban J connectivity index is 1.75. The van der Waals surface area contributed by atoms with Gasteiger partial charge in [-0.1, -0.05) is 56.3 Å². The van der Waals surface area contributed by atoms with Gasteiger partial charge in [0.2, 0.25) is 5.95 Å². The van der Waals surface area contributed by atoms with Crippen LogP contribution in [0.1, 0.15) is 25.0 Å². The van der Waals surface area contributed by atoms with Crippen molar-refractivity contribution in [1.82, 2.24) is 9.97 Å². The van der Waals surface area contributed by atoms with Crippen LogP contribution in [0.2, 0.25) is 0 Å². The molecule has 0 unspecified atom stereocenters. The summed E-state index contributed by atoms with van der Waals surface area (Å²) in [5, 5.41) is 13.5. The van der Waals surface area contributed by atoms with Crippen molar-refractivity contribution in [2.24, 2.45) is 11.0 Å². The van der Waals surface area contributed by atoms with Crippen molar-refractivity contribution in [3.63, 3.8) is 0 Å². The second-order valence-corrected chi connectivity index (χ2v) is 7.85. The van der Waals surface area contributed by atoms with Crippen LogP contribution < -0.4 is 11.0 Å². The first-order chi connectivity index (χ1) is 14.1. The monoisotopic (exact) mass is 403 g/mol. The molecule has 0 bridgehead atoms. The van der Waals surface area contributed by atoms with E-state index in [1.807, 2.05) is 48.2 Å². The molecule has 3 rings (SSSR count). The third kappa shape index (κ3) is 5.56. The van der Waals surface area contributed by atoms with E-state index >= 15 is 0 Å². The Morgan fingerprint density at radius 2 is 1.93 bits per heavy atom. The van der Waals surface area contributed by atoms with Crippen LogP contribution in [0.4, 0.5) is 5.95 Å². The van der Waals surface area contributed by atoms with Gasteiger partial charge >= 0.3 is 0 Å². The summed E-state index contributed by atoms with van der Waals surface area (Å²) in [6.45, 7) is 4.40. The number of H-pyrrole nitrogens is 1. The summed E-state index contributed by atoms with van der Waals surface area (Å²) in [5.41, 5.74) is 4.14.